The van der Waals surface area contributed by atoms with Crippen molar-refractivity contribution in [3.63, 3.8) is 0 Å². The zero-order chi connectivity index (χ0) is 16.2. The van der Waals surface area contributed by atoms with Crippen molar-refractivity contribution in [2.75, 3.05) is 20.7 Å². The van der Waals surface area contributed by atoms with Gasteiger partial charge in [-0.2, -0.15) is 0 Å². The summed E-state index contributed by atoms with van der Waals surface area (Å²) in [6.07, 6.45) is -0.176. The number of sulfonamides is 1. The van der Waals surface area contributed by atoms with Crippen LogP contribution in [0.1, 0.15) is 17.0 Å². The average Bonchev–Trinajstić information content (AvgIpc) is 2.87. The van der Waals surface area contributed by atoms with E-state index in [1.54, 1.807) is 0 Å². The van der Waals surface area contributed by atoms with E-state index in [1.807, 2.05) is 0 Å². The molecule has 1 rings (SSSR count). The lowest BCUT2D eigenvalue weighted by Gasteiger charge is -2.12. The molecule has 0 unspecified atom stereocenters. The Morgan fingerprint density at radius 1 is 1.38 bits per heavy atom. The lowest BCUT2D eigenvalue weighted by atomic mass is 10.2. The number of carboxylic acids is 1. The molecule has 21 heavy (non-hydrogen) atoms. The molecule has 0 aliphatic heterocycles. The average molecular weight is 320 g/mol. The van der Waals surface area contributed by atoms with E-state index in [4.69, 9.17) is 14.6 Å². The summed E-state index contributed by atoms with van der Waals surface area (Å²) >= 11 is 0. The van der Waals surface area contributed by atoms with Gasteiger partial charge >= 0.3 is 5.97 Å². The first kappa shape index (κ1) is 17.1. The minimum Gasteiger partial charge on any atom is -0.480 e. The first-order valence-corrected chi connectivity index (χ1v) is 7.31. The number of carboxylic acid groups (broad SMARTS) is 1. The van der Waals surface area contributed by atoms with Gasteiger partial charge in [-0.3, -0.25) is 4.79 Å². The van der Waals surface area contributed by atoms with Gasteiger partial charge in [-0.15, -0.1) is 0 Å². The Labute approximate surface area is 121 Å². The standard InChI is InChI=1S/C11H16N2O7S/c1-13(2)21(18,19)9-4-3-8(20-9)10(15)12-7(5-6-14)11(16)17/h3-4,7,14H,5-6H2,1-2H3,(H,12,15)(H,16,17)/t7-/m0/s1. The highest BCUT2D eigenvalue weighted by Gasteiger charge is 2.25. The number of hydrogen-bond acceptors (Lipinski definition) is 6. The fourth-order valence-corrected chi connectivity index (χ4v) is 2.17. The largest absolute Gasteiger partial charge is 0.480 e. The van der Waals surface area contributed by atoms with Crippen LogP contribution in [-0.2, 0) is 14.8 Å². The summed E-state index contributed by atoms with van der Waals surface area (Å²) in [6, 6.07) is 0.942. The monoisotopic (exact) mass is 320 g/mol. The summed E-state index contributed by atoms with van der Waals surface area (Å²) in [5.41, 5.74) is 0. The van der Waals surface area contributed by atoms with Crippen molar-refractivity contribution >= 4 is 21.9 Å². The fraction of sp³-hybridized carbons (Fsp3) is 0.455. The zero-order valence-electron chi connectivity index (χ0n) is 11.4. The minimum atomic E-state index is -3.81. The highest BCUT2D eigenvalue weighted by molar-refractivity contribution is 7.88. The van der Waals surface area contributed by atoms with Crippen molar-refractivity contribution in [3.8, 4) is 0 Å². The molecule has 0 spiro atoms. The van der Waals surface area contributed by atoms with Crippen LogP contribution in [0.5, 0.6) is 0 Å². The molecule has 1 amide bonds. The number of aliphatic hydroxyl groups is 1. The molecule has 0 aromatic carbocycles. The van der Waals surface area contributed by atoms with Gasteiger partial charge in [0.25, 0.3) is 15.9 Å². The van der Waals surface area contributed by atoms with E-state index in [2.05, 4.69) is 5.32 Å². The van der Waals surface area contributed by atoms with Gasteiger partial charge < -0.3 is 19.9 Å². The maximum absolute atomic E-state index is 11.8. The van der Waals surface area contributed by atoms with Gasteiger partial charge in [0.1, 0.15) is 6.04 Å². The predicted octanol–water partition coefficient (Wildman–Crippen LogP) is -0.905. The summed E-state index contributed by atoms with van der Waals surface area (Å²) in [5.74, 6) is -2.53. The van der Waals surface area contributed by atoms with Crippen molar-refractivity contribution < 1.29 is 32.6 Å². The molecule has 0 fully saturated rings. The molecular weight excluding hydrogens is 304 g/mol. The van der Waals surface area contributed by atoms with Crippen LogP contribution in [0.4, 0.5) is 0 Å². The molecule has 0 saturated carbocycles. The highest BCUT2D eigenvalue weighted by Crippen LogP contribution is 2.17. The third kappa shape index (κ3) is 4.03. The molecule has 0 aliphatic rings. The molecule has 1 aromatic heterocycles. The number of aliphatic hydroxyl groups excluding tert-OH is 1. The van der Waals surface area contributed by atoms with Crippen LogP contribution < -0.4 is 5.32 Å². The van der Waals surface area contributed by atoms with Crippen LogP contribution >= 0.6 is 0 Å². The second-order valence-corrected chi connectivity index (χ2v) is 6.37. The van der Waals surface area contributed by atoms with Crippen molar-refractivity contribution in [2.45, 2.75) is 17.6 Å². The van der Waals surface area contributed by atoms with Crippen LogP contribution in [-0.4, -0.2) is 61.6 Å². The molecular formula is C11H16N2O7S. The summed E-state index contributed by atoms with van der Waals surface area (Å²) in [6.45, 7) is -0.421. The molecule has 1 heterocycles. The number of nitrogens with zero attached hydrogens (tertiary/aromatic N) is 1. The third-order valence-electron chi connectivity index (χ3n) is 2.56. The molecule has 0 bridgehead atoms. The molecule has 118 valence electrons. The summed E-state index contributed by atoms with van der Waals surface area (Å²) in [4.78, 5) is 22.6. The molecule has 1 aromatic rings. The van der Waals surface area contributed by atoms with Gasteiger partial charge in [-0.1, -0.05) is 0 Å². The van der Waals surface area contributed by atoms with Gasteiger partial charge in [-0.05, 0) is 12.1 Å². The van der Waals surface area contributed by atoms with E-state index >= 15 is 0 Å². The number of aliphatic carboxylic acids is 1. The number of rotatable bonds is 7. The summed E-state index contributed by atoms with van der Waals surface area (Å²) < 4.78 is 29.4. The van der Waals surface area contributed by atoms with Gasteiger partial charge in [0.05, 0.1) is 0 Å². The van der Waals surface area contributed by atoms with Gasteiger partial charge in [-0.25, -0.2) is 17.5 Å². The van der Waals surface area contributed by atoms with Gasteiger partial charge in [0, 0.05) is 27.1 Å². The first-order valence-electron chi connectivity index (χ1n) is 5.87. The molecule has 0 saturated heterocycles. The topological polar surface area (TPSA) is 137 Å². The lowest BCUT2D eigenvalue weighted by Crippen LogP contribution is -2.41. The maximum atomic E-state index is 11.8. The van der Waals surface area contributed by atoms with Crippen LogP contribution in [0, 0.1) is 0 Å². The molecule has 9 nitrogen and oxygen atoms in total. The Kier molecular flexibility index (Phi) is 5.47. The Hall–Kier alpha value is -1.91. The lowest BCUT2D eigenvalue weighted by molar-refractivity contribution is -0.139. The molecule has 0 radical (unpaired) electrons. The summed E-state index contributed by atoms with van der Waals surface area (Å²) in [7, 11) is -1.20. The Morgan fingerprint density at radius 3 is 2.48 bits per heavy atom. The van der Waals surface area contributed by atoms with Crippen LogP contribution in [0.25, 0.3) is 0 Å². The third-order valence-corrected chi connectivity index (χ3v) is 4.25. The Morgan fingerprint density at radius 2 is 2.00 bits per heavy atom. The van der Waals surface area contributed by atoms with Crippen molar-refractivity contribution in [2.24, 2.45) is 0 Å². The molecule has 1 atom stereocenters. The first-order chi connectivity index (χ1) is 9.70. The SMILES string of the molecule is CN(C)S(=O)(=O)c1ccc(C(=O)N[C@@H](CCO)C(=O)O)o1. The van der Waals surface area contributed by atoms with Crippen LogP contribution in [0.2, 0.25) is 0 Å². The Balaban J connectivity index is 2.91. The van der Waals surface area contributed by atoms with E-state index in [9.17, 15) is 18.0 Å². The number of carbonyl (C=O) groups is 2. The van der Waals surface area contributed by atoms with Crippen molar-refractivity contribution in [1.29, 1.82) is 0 Å². The second-order valence-electron chi connectivity index (χ2n) is 4.28. The number of carbonyl (C=O) groups excluding carboxylic acids is 1. The van der Waals surface area contributed by atoms with Crippen molar-refractivity contribution in [1.82, 2.24) is 9.62 Å². The minimum absolute atomic E-state index is 0.176. The van der Waals surface area contributed by atoms with E-state index in [-0.39, 0.29) is 12.2 Å². The highest BCUT2D eigenvalue weighted by atomic mass is 32.2. The second kappa shape index (κ2) is 6.70. The maximum Gasteiger partial charge on any atom is 0.326 e. The molecule has 10 heteroatoms. The van der Waals surface area contributed by atoms with E-state index < -0.39 is 39.6 Å². The van der Waals surface area contributed by atoms with E-state index in [0.717, 1.165) is 16.4 Å². The number of hydrogen-bond donors (Lipinski definition) is 3. The number of nitrogens with one attached hydrogen (secondary N) is 1. The normalized spacial score (nSPS) is 13.1. The predicted molar refractivity (Wildman–Crippen MR) is 70.2 cm³/mol. The smallest absolute Gasteiger partial charge is 0.326 e. The number of furan rings is 1. The quantitative estimate of drug-likeness (QED) is 0.591. The van der Waals surface area contributed by atoms with Crippen molar-refractivity contribution in [3.05, 3.63) is 17.9 Å². The zero-order valence-corrected chi connectivity index (χ0v) is 12.3. The van der Waals surface area contributed by atoms with Crippen LogP contribution in [0.3, 0.4) is 0 Å². The van der Waals surface area contributed by atoms with E-state index in [1.165, 1.54) is 14.1 Å². The van der Waals surface area contributed by atoms with E-state index in [0.29, 0.717) is 0 Å². The molecule has 3 N–H and O–H groups in total. The fourth-order valence-electron chi connectivity index (χ4n) is 1.38. The Bertz CT molecular complexity index is 620. The molecule has 0 aliphatic carbocycles. The summed E-state index contributed by atoms with van der Waals surface area (Å²) in [5, 5.41) is 19.3. The number of amides is 1. The van der Waals surface area contributed by atoms with Gasteiger partial charge in [0.15, 0.2) is 5.76 Å². The van der Waals surface area contributed by atoms with Gasteiger partial charge in [0.2, 0.25) is 5.09 Å². The van der Waals surface area contributed by atoms with Crippen LogP contribution in [0.15, 0.2) is 21.6 Å².